The minimum absolute atomic E-state index is 0.00429. The summed E-state index contributed by atoms with van der Waals surface area (Å²) in [7, 11) is 1.55. The molecule has 3 aliphatic rings. The number of fused-ring (bicyclic) bond motifs is 3. The molecule has 0 aliphatic carbocycles. The fraction of sp³-hybridized carbons (Fsp3) is 0.529. The van der Waals surface area contributed by atoms with E-state index in [0.717, 1.165) is 18.0 Å². The minimum atomic E-state index is -0.00429. The van der Waals surface area contributed by atoms with Gasteiger partial charge in [0.15, 0.2) is 6.26 Å². The van der Waals surface area contributed by atoms with Crippen molar-refractivity contribution in [3.8, 4) is 16.6 Å². The van der Waals surface area contributed by atoms with Crippen molar-refractivity contribution < 1.29 is 13.9 Å². The first-order valence-corrected chi connectivity index (χ1v) is 9.12. The lowest BCUT2D eigenvalue weighted by Gasteiger charge is -2.49. The third kappa shape index (κ3) is 2.71. The molecule has 0 radical (unpaired) electrons. The Morgan fingerprint density at radius 1 is 1.42 bits per heavy atom. The van der Waals surface area contributed by atoms with Gasteiger partial charge in [0.1, 0.15) is 0 Å². The van der Waals surface area contributed by atoms with E-state index in [4.69, 9.17) is 9.15 Å². The number of nitrogens with one attached hydrogen (secondary N) is 1. The summed E-state index contributed by atoms with van der Waals surface area (Å²) < 4.78 is 10.4. The molecule has 5 heterocycles. The maximum atomic E-state index is 12.6. The van der Waals surface area contributed by atoms with E-state index >= 15 is 0 Å². The van der Waals surface area contributed by atoms with Crippen LogP contribution in [0.3, 0.4) is 0 Å². The predicted octanol–water partition coefficient (Wildman–Crippen LogP) is 2.62. The SMILES string of the molecule is COc1coc(-c2ccc(C(=O)N[C@@H]3C4CCN(CC4)[C@H]3C)s2)n1. The molecule has 3 aliphatic heterocycles. The Morgan fingerprint density at radius 3 is 2.88 bits per heavy atom. The highest BCUT2D eigenvalue weighted by molar-refractivity contribution is 7.17. The number of oxazole rings is 1. The van der Waals surface area contributed by atoms with E-state index in [0.29, 0.717) is 28.6 Å². The molecule has 0 spiro atoms. The van der Waals surface area contributed by atoms with E-state index < -0.39 is 0 Å². The van der Waals surface area contributed by atoms with Crippen LogP contribution in [0.25, 0.3) is 10.8 Å². The number of amides is 1. The standard InChI is InChI=1S/C17H21N3O3S/c1-10-15(11-5-7-20(10)8-6-11)19-16(21)12-3-4-13(24-12)17-18-14(22-2)9-23-17/h3-4,9-11,15H,5-8H2,1-2H3,(H,19,21)/t10-,15-/m0/s1. The molecule has 5 rings (SSSR count). The van der Waals surface area contributed by atoms with Crippen LogP contribution in [-0.4, -0.2) is 48.1 Å². The lowest BCUT2D eigenvalue weighted by Crippen LogP contribution is -2.62. The number of hydrogen-bond acceptors (Lipinski definition) is 6. The highest BCUT2D eigenvalue weighted by Crippen LogP contribution is 2.33. The van der Waals surface area contributed by atoms with Crippen molar-refractivity contribution in [2.45, 2.75) is 31.8 Å². The molecule has 3 fully saturated rings. The van der Waals surface area contributed by atoms with Crippen molar-refractivity contribution in [3.05, 3.63) is 23.3 Å². The van der Waals surface area contributed by atoms with E-state index in [2.05, 4.69) is 22.1 Å². The van der Waals surface area contributed by atoms with Crippen molar-refractivity contribution in [1.29, 1.82) is 0 Å². The average molecular weight is 347 g/mol. The largest absolute Gasteiger partial charge is 0.479 e. The van der Waals surface area contributed by atoms with Gasteiger partial charge in [0.25, 0.3) is 11.8 Å². The molecule has 1 amide bonds. The molecule has 2 aromatic heterocycles. The Balaban J connectivity index is 1.47. The Morgan fingerprint density at radius 2 is 2.21 bits per heavy atom. The Labute approximate surface area is 144 Å². The number of ether oxygens (including phenoxy) is 1. The van der Waals surface area contributed by atoms with Crippen LogP contribution >= 0.6 is 11.3 Å². The average Bonchev–Trinajstić information content (AvgIpc) is 3.27. The smallest absolute Gasteiger partial charge is 0.261 e. The zero-order valence-electron chi connectivity index (χ0n) is 13.8. The second-order valence-electron chi connectivity index (χ2n) is 6.47. The highest BCUT2D eigenvalue weighted by atomic mass is 32.1. The van der Waals surface area contributed by atoms with E-state index in [1.165, 1.54) is 30.4 Å². The first-order chi connectivity index (χ1) is 11.7. The van der Waals surface area contributed by atoms with Gasteiger partial charge in [-0.1, -0.05) is 0 Å². The van der Waals surface area contributed by atoms with Crippen molar-refractivity contribution in [1.82, 2.24) is 15.2 Å². The van der Waals surface area contributed by atoms with Gasteiger partial charge < -0.3 is 14.5 Å². The highest BCUT2D eigenvalue weighted by Gasteiger charge is 2.40. The van der Waals surface area contributed by atoms with Crippen LogP contribution in [0.4, 0.5) is 0 Å². The molecular formula is C17H21N3O3S. The molecular weight excluding hydrogens is 326 g/mol. The number of rotatable bonds is 4. The monoisotopic (exact) mass is 347 g/mol. The number of methoxy groups -OCH3 is 1. The van der Waals surface area contributed by atoms with Gasteiger partial charge in [0.2, 0.25) is 5.89 Å². The van der Waals surface area contributed by atoms with Crippen LogP contribution in [0.5, 0.6) is 5.88 Å². The molecule has 1 N–H and O–H groups in total. The van der Waals surface area contributed by atoms with Crippen molar-refractivity contribution in [2.75, 3.05) is 20.2 Å². The fourth-order valence-electron chi connectivity index (χ4n) is 3.81. The molecule has 0 unspecified atom stereocenters. The zero-order valence-corrected chi connectivity index (χ0v) is 14.6. The summed E-state index contributed by atoms with van der Waals surface area (Å²) in [6, 6.07) is 4.35. The lowest BCUT2D eigenvalue weighted by molar-refractivity contribution is 0.0218. The van der Waals surface area contributed by atoms with Crippen LogP contribution in [0.2, 0.25) is 0 Å². The number of nitrogens with zero attached hydrogens (tertiary/aromatic N) is 2. The van der Waals surface area contributed by atoms with E-state index in [1.807, 2.05) is 12.1 Å². The molecule has 2 atom stereocenters. The topological polar surface area (TPSA) is 67.6 Å². The zero-order chi connectivity index (χ0) is 16.7. The summed E-state index contributed by atoms with van der Waals surface area (Å²) in [5.41, 5.74) is 0. The first kappa shape index (κ1) is 15.7. The third-order valence-electron chi connectivity index (χ3n) is 5.21. The quantitative estimate of drug-likeness (QED) is 0.921. The summed E-state index contributed by atoms with van der Waals surface area (Å²) in [6.45, 7) is 4.54. The summed E-state index contributed by atoms with van der Waals surface area (Å²) in [4.78, 5) is 20.8. The molecule has 24 heavy (non-hydrogen) atoms. The van der Waals surface area contributed by atoms with E-state index in [-0.39, 0.29) is 11.9 Å². The third-order valence-corrected chi connectivity index (χ3v) is 6.28. The number of hydrogen-bond donors (Lipinski definition) is 1. The molecule has 128 valence electrons. The van der Waals surface area contributed by atoms with Gasteiger partial charge in [-0.25, -0.2) is 0 Å². The van der Waals surface area contributed by atoms with Crippen molar-refractivity contribution in [3.63, 3.8) is 0 Å². The predicted molar refractivity (Wildman–Crippen MR) is 91.4 cm³/mol. The molecule has 2 bridgehead atoms. The molecule has 2 aromatic rings. The van der Waals surface area contributed by atoms with Crippen molar-refractivity contribution in [2.24, 2.45) is 5.92 Å². The second kappa shape index (κ2) is 6.22. The normalized spacial score (nSPS) is 28.8. The number of carbonyl (C=O) groups excluding carboxylic acids is 1. The van der Waals surface area contributed by atoms with Crippen LogP contribution < -0.4 is 10.1 Å². The molecule has 3 saturated heterocycles. The summed E-state index contributed by atoms with van der Waals surface area (Å²) >= 11 is 1.39. The molecule has 0 saturated carbocycles. The first-order valence-electron chi connectivity index (χ1n) is 8.30. The van der Waals surface area contributed by atoms with E-state index in [9.17, 15) is 4.79 Å². The maximum absolute atomic E-state index is 12.6. The Kier molecular flexibility index (Phi) is 4.05. The van der Waals surface area contributed by atoms with Crippen LogP contribution in [0.1, 0.15) is 29.4 Å². The van der Waals surface area contributed by atoms with Crippen LogP contribution in [0.15, 0.2) is 22.8 Å². The van der Waals surface area contributed by atoms with Gasteiger partial charge in [-0.3, -0.25) is 9.69 Å². The Bertz CT molecular complexity index is 731. The fourth-order valence-corrected chi connectivity index (χ4v) is 4.65. The van der Waals surface area contributed by atoms with Gasteiger partial charge in [-0.15, -0.1) is 11.3 Å². The minimum Gasteiger partial charge on any atom is -0.479 e. The molecule has 0 aromatic carbocycles. The Hall–Kier alpha value is -1.86. The van der Waals surface area contributed by atoms with E-state index in [1.54, 1.807) is 7.11 Å². The number of carbonyl (C=O) groups is 1. The van der Waals surface area contributed by atoms with Gasteiger partial charge in [-0.05, 0) is 50.9 Å². The number of thiophene rings is 1. The van der Waals surface area contributed by atoms with Crippen LogP contribution in [-0.2, 0) is 0 Å². The van der Waals surface area contributed by atoms with Crippen LogP contribution in [0, 0.1) is 5.92 Å². The number of piperidine rings is 3. The lowest BCUT2D eigenvalue weighted by atomic mass is 9.79. The number of aromatic nitrogens is 1. The van der Waals surface area contributed by atoms with Gasteiger partial charge in [0, 0.05) is 12.1 Å². The van der Waals surface area contributed by atoms with Gasteiger partial charge in [0.05, 0.1) is 16.9 Å². The van der Waals surface area contributed by atoms with Crippen molar-refractivity contribution >= 4 is 17.2 Å². The van der Waals surface area contributed by atoms with Gasteiger partial charge in [-0.2, -0.15) is 4.98 Å². The molecule has 6 nitrogen and oxygen atoms in total. The molecule has 7 heteroatoms. The maximum Gasteiger partial charge on any atom is 0.261 e. The summed E-state index contributed by atoms with van der Waals surface area (Å²) in [6.07, 6.45) is 3.83. The second-order valence-corrected chi connectivity index (χ2v) is 7.56. The summed E-state index contributed by atoms with van der Waals surface area (Å²) in [5, 5.41) is 3.25. The summed E-state index contributed by atoms with van der Waals surface area (Å²) in [5.74, 6) is 1.51. The van der Waals surface area contributed by atoms with Gasteiger partial charge >= 0.3 is 0 Å².